The number of aromatic nitrogens is 2. The molecule has 3 aromatic rings. The fourth-order valence-corrected chi connectivity index (χ4v) is 2.85. The van der Waals surface area contributed by atoms with Crippen LogP contribution in [-0.4, -0.2) is 21.9 Å². The molecule has 0 amide bonds. The monoisotopic (exact) mass is 337 g/mol. The van der Waals surface area contributed by atoms with Gasteiger partial charge in [-0.25, -0.2) is 9.98 Å². The van der Waals surface area contributed by atoms with E-state index in [4.69, 9.17) is 17.2 Å². The summed E-state index contributed by atoms with van der Waals surface area (Å²) < 4.78 is 0. The van der Waals surface area contributed by atoms with E-state index in [0.717, 1.165) is 22.0 Å². The molecular weight excluding hydrogens is 322 g/mol. The molecule has 0 fully saturated rings. The smallest absolute Gasteiger partial charge is 0.223 e. The van der Waals surface area contributed by atoms with E-state index in [1.54, 1.807) is 6.20 Å². The van der Waals surface area contributed by atoms with Gasteiger partial charge in [0.05, 0.1) is 11.4 Å². The molecule has 0 saturated carbocycles. The van der Waals surface area contributed by atoms with Crippen molar-refractivity contribution in [2.24, 2.45) is 27.2 Å². The molecule has 2 aromatic heterocycles. The summed E-state index contributed by atoms with van der Waals surface area (Å²) in [5.41, 5.74) is 19.5. The van der Waals surface area contributed by atoms with E-state index in [2.05, 4.69) is 20.0 Å². The Hall–Kier alpha value is -3.26. The zero-order valence-electron chi connectivity index (χ0n) is 12.6. The van der Waals surface area contributed by atoms with E-state index in [0.29, 0.717) is 5.69 Å². The summed E-state index contributed by atoms with van der Waals surface area (Å²) in [6, 6.07) is 13.2. The van der Waals surface area contributed by atoms with Crippen LogP contribution in [0.3, 0.4) is 0 Å². The van der Waals surface area contributed by atoms with Crippen molar-refractivity contribution in [3.8, 4) is 22.0 Å². The third kappa shape index (κ3) is 3.73. The van der Waals surface area contributed by atoms with Crippen LogP contribution >= 0.6 is 11.3 Å². The molecule has 3 rings (SSSR count). The van der Waals surface area contributed by atoms with Crippen molar-refractivity contribution in [3.63, 3.8) is 0 Å². The van der Waals surface area contributed by atoms with E-state index < -0.39 is 0 Å². The summed E-state index contributed by atoms with van der Waals surface area (Å²) in [5, 5.41) is 2.84. The SMILES string of the molecule is NC(N)=NC(N)=Nc1cccc(-c2nc(-c3ccccn3)cs2)c1. The maximum absolute atomic E-state index is 5.66. The second kappa shape index (κ2) is 6.88. The molecule has 0 aliphatic heterocycles. The number of nitrogens with two attached hydrogens (primary N) is 3. The third-order valence-electron chi connectivity index (χ3n) is 3.01. The predicted molar refractivity (Wildman–Crippen MR) is 97.9 cm³/mol. The zero-order chi connectivity index (χ0) is 16.9. The first-order valence-electron chi connectivity index (χ1n) is 7.03. The molecule has 2 heterocycles. The Morgan fingerprint density at radius 1 is 1.00 bits per heavy atom. The van der Waals surface area contributed by atoms with Gasteiger partial charge in [-0.15, -0.1) is 11.3 Å². The lowest BCUT2D eigenvalue weighted by Gasteiger charge is -2.00. The van der Waals surface area contributed by atoms with Crippen molar-refractivity contribution < 1.29 is 0 Å². The highest BCUT2D eigenvalue weighted by atomic mass is 32.1. The number of aliphatic imine (C=N–C) groups is 2. The van der Waals surface area contributed by atoms with Gasteiger partial charge in [-0.1, -0.05) is 18.2 Å². The van der Waals surface area contributed by atoms with Crippen LogP contribution in [0.1, 0.15) is 0 Å². The molecule has 7 nitrogen and oxygen atoms in total. The molecule has 0 aliphatic carbocycles. The zero-order valence-corrected chi connectivity index (χ0v) is 13.4. The average Bonchev–Trinajstić information content (AvgIpc) is 3.05. The summed E-state index contributed by atoms with van der Waals surface area (Å²) in [6.45, 7) is 0. The molecule has 1 aromatic carbocycles. The van der Waals surface area contributed by atoms with Gasteiger partial charge in [0.25, 0.3) is 0 Å². The number of benzene rings is 1. The normalized spacial score (nSPS) is 11.2. The van der Waals surface area contributed by atoms with E-state index in [-0.39, 0.29) is 11.9 Å². The highest BCUT2D eigenvalue weighted by Crippen LogP contribution is 2.30. The minimum atomic E-state index is -0.132. The average molecular weight is 337 g/mol. The van der Waals surface area contributed by atoms with Crippen molar-refractivity contribution in [3.05, 3.63) is 54.0 Å². The molecule has 120 valence electrons. The minimum Gasteiger partial charge on any atom is -0.370 e. The van der Waals surface area contributed by atoms with Gasteiger partial charge in [-0.3, -0.25) is 4.98 Å². The van der Waals surface area contributed by atoms with Crippen molar-refractivity contribution >= 4 is 28.9 Å². The number of hydrogen-bond acceptors (Lipinski definition) is 4. The number of nitrogens with zero attached hydrogens (tertiary/aromatic N) is 4. The van der Waals surface area contributed by atoms with Gasteiger partial charge in [0, 0.05) is 17.1 Å². The lowest BCUT2D eigenvalue weighted by atomic mass is 10.2. The van der Waals surface area contributed by atoms with Gasteiger partial charge in [0.1, 0.15) is 10.7 Å². The van der Waals surface area contributed by atoms with Crippen molar-refractivity contribution in [1.82, 2.24) is 9.97 Å². The molecule has 6 N–H and O–H groups in total. The standard InChI is InChI=1S/C16H15N7S/c17-15(18)23-16(19)21-11-5-3-4-10(8-11)14-22-13(9-24-14)12-6-1-2-7-20-12/h1-9H,(H6,17,18,19,21,23). The van der Waals surface area contributed by atoms with Crippen LogP contribution < -0.4 is 17.2 Å². The van der Waals surface area contributed by atoms with Gasteiger partial charge in [0.2, 0.25) is 5.96 Å². The summed E-state index contributed by atoms with van der Waals surface area (Å²) in [7, 11) is 0. The van der Waals surface area contributed by atoms with Gasteiger partial charge >= 0.3 is 0 Å². The van der Waals surface area contributed by atoms with E-state index in [1.807, 2.05) is 47.8 Å². The van der Waals surface area contributed by atoms with Crippen molar-refractivity contribution in [2.75, 3.05) is 0 Å². The molecule has 0 spiro atoms. The Kier molecular flexibility index (Phi) is 4.48. The van der Waals surface area contributed by atoms with Crippen LogP contribution in [0, 0.1) is 0 Å². The first kappa shape index (κ1) is 15.6. The van der Waals surface area contributed by atoms with Crippen LogP contribution in [0.4, 0.5) is 5.69 Å². The molecule has 0 unspecified atom stereocenters. The molecular formula is C16H15N7S. The third-order valence-corrected chi connectivity index (χ3v) is 3.90. The first-order valence-corrected chi connectivity index (χ1v) is 7.91. The van der Waals surface area contributed by atoms with E-state index in [9.17, 15) is 0 Å². The van der Waals surface area contributed by atoms with Crippen LogP contribution in [0.2, 0.25) is 0 Å². The molecule has 0 bridgehead atoms. The van der Waals surface area contributed by atoms with Gasteiger partial charge in [-0.2, -0.15) is 4.99 Å². The van der Waals surface area contributed by atoms with Gasteiger partial charge < -0.3 is 17.2 Å². The van der Waals surface area contributed by atoms with Crippen molar-refractivity contribution in [2.45, 2.75) is 0 Å². The minimum absolute atomic E-state index is 0.000429. The highest BCUT2D eigenvalue weighted by Gasteiger charge is 2.08. The molecule has 0 saturated heterocycles. The lowest BCUT2D eigenvalue weighted by Crippen LogP contribution is -2.26. The number of rotatable bonds is 3. The van der Waals surface area contributed by atoms with Crippen LogP contribution in [0.25, 0.3) is 22.0 Å². The Bertz CT molecular complexity index is 896. The molecule has 0 atom stereocenters. The second-order valence-electron chi connectivity index (χ2n) is 4.81. The lowest BCUT2D eigenvalue weighted by molar-refractivity contribution is 1.28. The Balaban J connectivity index is 1.90. The molecule has 0 aliphatic rings. The maximum atomic E-state index is 5.66. The predicted octanol–water partition coefficient (Wildman–Crippen LogP) is 2.09. The van der Waals surface area contributed by atoms with E-state index in [1.165, 1.54) is 11.3 Å². The fourth-order valence-electron chi connectivity index (χ4n) is 2.04. The molecule has 24 heavy (non-hydrogen) atoms. The van der Waals surface area contributed by atoms with Crippen LogP contribution in [0.15, 0.2) is 64.0 Å². The van der Waals surface area contributed by atoms with Gasteiger partial charge in [-0.05, 0) is 24.3 Å². The maximum Gasteiger partial charge on any atom is 0.223 e. The van der Waals surface area contributed by atoms with Crippen molar-refractivity contribution in [1.29, 1.82) is 0 Å². The number of hydrogen-bond donors (Lipinski definition) is 3. The van der Waals surface area contributed by atoms with E-state index >= 15 is 0 Å². The summed E-state index contributed by atoms with van der Waals surface area (Å²) in [4.78, 5) is 16.8. The summed E-state index contributed by atoms with van der Waals surface area (Å²) in [6.07, 6.45) is 1.75. The summed E-state index contributed by atoms with van der Waals surface area (Å²) >= 11 is 1.54. The quantitative estimate of drug-likeness (QED) is 0.498. The Morgan fingerprint density at radius 3 is 2.62 bits per heavy atom. The highest BCUT2D eigenvalue weighted by molar-refractivity contribution is 7.13. The molecule has 8 heteroatoms. The van der Waals surface area contributed by atoms with Crippen LogP contribution in [0.5, 0.6) is 0 Å². The van der Waals surface area contributed by atoms with Crippen LogP contribution in [-0.2, 0) is 0 Å². The topological polar surface area (TPSA) is 129 Å². The second-order valence-corrected chi connectivity index (χ2v) is 5.67. The first-order chi connectivity index (χ1) is 11.6. The number of pyridine rings is 1. The summed E-state index contributed by atoms with van der Waals surface area (Å²) in [5.74, 6) is -0.132. The van der Waals surface area contributed by atoms with Gasteiger partial charge in [0.15, 0.2) is 5.96 Å². The Morgan fingerprint density at radius 2 is 1.88 bits per heavy atom. The number of guanidine groups is 2. The largest absolute Gasteiger partial charge is 0.370 e. The number of thiazole rings is 1. The fraction of sp³-hybridized carbons (Fsp3) is 0. The Labute approximate surface area is 142 Å². The molecule has 0 radical (unpaired) electrons.